The summed E-state index contributed by atoms with van der Waals surface area (Å²) >= 11 is 0. The van der Waals surface area contributed by atoms with E-state index in [1.54, 1.807) is 60.7 Å². The number of sulfonamides is 1. The highest BCUT2D eigenvalue weighted by Gasteiger charge is 2.29. The minimum absolute atomic E-state index is 0.0159. The number of methoxy groups -OCH3 is 2. The molecule has 0 saturated heterocycles. The monoisotopic (exact) mass is 484 g/mol. The first-order valence-corrected chi connectivity index (χ1v) is 12.0. The van der Waals surface area contributed by atoms with Crippen molar-refractivity contribution in [2.45, 2.75) is 24.8 Å². The van der Waals surface area contributed by atoms with Crippen LogP contribution < -0.4 is 23.8 Å². The van der Waals surface area contributed by atoms with E-state index in [2.05, 4.69) is 5.32 Å². The number of anilines is 2. The Morgan fingerprint density at radius 3 is 2.09 bits per heavy atom. The maximum atomic E-state index is 13.6. The van der Waals surface area contributed by atoms with Gasteiger partial charge in [-0.05, 0) is 74.5 Å². The van der Waals surface area contributed by atoms with Gasteiger partial charge in [-0.15, -0.1) is 0 Å². The molecule has 0 bridgehead atoms. The molecule has 0 aromatic heterocycles. The molecule has 34 heavy (non-hydrogen) atoms. The van der Waals surface area contributed by atoms with Crippen molar-refractivity contribution in [3.05, 3.63) is 72.8 Å². The fourth-order valence-corrected chi connectivity index (χ4v) is 4.66. The van der Waals surface area contributed by atoms with Crippen molar-refractivity contribution in [2.75, 3.05) is 30.4 Å². The third-order valence-electron chi connectivity index (χ3n) is 4.80. The molecule has 0 unspecified atom stereocenters. The van der Waals surface area contributed by atoms with Crippen LogP contribution in [0.5, 0.6) is 17.2 Å². The summed E-state index contributed by atoms with van der Waals surface area (Å²) in [4.78, 5) is 12.9. The summed E-state index contributed by atoms with van der Waals surface area (Å²) in [5.41, 5.74) is 0.763. The van der Waals surface area contributed by atoms with Gasteiger partial charge in [0.2, 0.25) is 5.91 Å². The minimum atomic E-state index is -4.10. The van der Waals surface area contributed by atoms with Gasteiger partial charge in [-0.1, -0.05) is 12.1 Å². The third kappa shape index (κ3) is 5.99. The molecule has 0 spiro atoms. The Morgan fingerprint density at radius 2 is 1.50 bits per heavy atom. The molecule has 1 N–H and O–H groups in total. The van der Waals surface area contributed by atoms with Gasteiger partial charge >= 0.3 is 0 Å². The summed E-state index contributed by atoms with van der Waals surface area (Å²) < 4.78 is 44.3. The van der Waals surface area contributed by atoms with Crippen molar-refractivity contribution in [3.8, 4) is 17.2 Å². The summed E-state index contributed by atoms with van der Waals surface area (Å²) in [5.74, 6) is 0.999. The number of rotatable bonds is 10. The standard InChI is InChI=1S/C25H28N2O6S/c1-18(2)33-21-11-9-19(10-12-21)26-25(28)17-27(23-7-5-6-8-24(23)32-4)34(29,30)22-15-13-20(31-3)14-16-22/h5-16,18H,17H2,1-4H3,(H,26,28). The molecule has 0 saturated carbocycles. The third-order valence-corrected chi connectivity index (χ3v) is 6.57. The van der Waals surface area contributed by atoms with Crippen molar-refractivity contribution in [2.24, 2.45) is 0 Å². The molecule has 0 aliphatic heterocycles. The first kappa shape index (κ1) is 24.9. The number of amides is 1. The topological polar surface area (TPSA) is 94.2 Å². The predicted octanol–water partition coefficient (Wildman–Crippen LogP) is 4.33. The second-order valence-electron chi connectivity index (χ2n) is 7.60. The number of benzene rings is 3. The molecule has 0 aliphatic rings. The van der Waals surface area contributed by atoms with Gasteiger partial charge < -0.3 is 19.5 Å². The Balaban J connectivity index is 1.90. The van der Waals surface area contributed by atoms with Crippen LogP contribution in [0.4, 0.5) is 11.4 Å². The summed E-state index contributed by atoms with van der Waals surface area (Å²) in [5, 5.41) is 2.74. The summed E-state index contributed by atoms with van der Waals surface area (Å²) in [6.45, 7) is 3.38. The van der Waals surface area contributed by atoms with E-state index in [1.165, 1.54) is 26.4 Å². The van der Waals surface area contributed by atoms with Crippen LogP contribution >= 0.6 is 0 Å². The van der Waals surface area contributed by atoms with Crippen molar-refractivity contribution < 1.29 is 27.4 Å². The fourth-order valence-electron chi connectivity index (χ4n) is 3.23. The SMILES string of the molecule is COc1ccc(S(=O)(=O)N(CC(=O)Nc2ccc(OC(C)C)cc2)c2ccccc2OC)cc1. The number of para-hydroxylation sites is 2. The van der Waals surface area contributed by atoms with Crippen molar-refractivity contribution in [1.29, 1.82) is 0 Å². The molecule has 9 heteroatoms. The van der Waals surface area contributed by atoms with Crippen molar-refractivity contribution >= 4 is 27.3 Å². The lowest BCUT2D eigenvalue weighted by atomic mass is 10.3. The highest BCUT2D eigenvalue weighted by molar-refractivity contribution is 7.92. The lowest BCUT2D eigenvalue weighted by Crippen LogP contribution is -2.38. The highest BCUT2D eigenvalue weighted by Crippen LogP contribution is 2.32. The van der Waals surface area contributed by atoms with E-state index >= 15 is 0 Å². The molecule has 0 fully saturated rings. The molecule has 1 amide bonds. The molecule has 0 atom stereocenters. The van der Waals surface area contributed by atoms with Gasteiger partial charge in [-0.2, -0.15) is 0 Å². The molecular formula is C25H28N2O6S. The lowest BCUT2D eigenvalue weighted by molar-refractivity contribution is -0.114. The Morgan fingerprint density at radius 1 is 0.882 bits per heavy atom. The fraction of sp³-hybridized carbons (Fsp3) is 0.240. The Labute approximate surface area is 200 Å². The second-order valence-corrected chi connectivity index (χ2v) is 9.46. The summed E-state index contributed by atoms with van der Waals surface area (Å²) in [7, 11) is -1.16. The van der Waals surface area contributed by atoms with Gasteiger partial charge in [0.1, 0.15) is 23.8 Å². The molecule has 180 valence electrons. The number of ether oxygens (including phenoxy) is 3. The zero-order valence-electron chi connectivity index (χ0n) is 19.5. The molecule has 0 aliphatic carbocycles. The molecule has 3 rings (SSSR count). The van der Waals surface area contributed by atoms with E-state index < -0.39 is 22.5 Å². The van der Waals surface area contributed by atoms with E-state index in [-0.39, 0.29) is 16.7 Å². The largest absolute Gasteiger partial charge is 0.497 e. The van der Waals surface area contributed by atoms with E-state index in [0.717, 1.165) is 4.31 Å². The van der Waals surface area contributed by atoms with Crippen LogP contribution in [0.2, 0.25) is 0 Å². The molecular weight excluding hydrogens is 456 g/mol. The van der Waals surface area contributed by atoms with Crippen LogP contribution in [0.3, 0.4) is 0 Å². The second kappa shape index (κ2) is 10.9. The van der Waals surface area contributed by atoms with Gasteiger partial charge in [-0.3, -0.25) is 9.10 Å². The number of hydrogen-bond acceptors (Lipinski definition) is 6. The van der Waals surface area contributed by atoms with Crippen LogP contribution in [-0.4, -0.2) is 41.2 Å². The van der Waals surface area contributed by atoms with Crippen LogP contribution in [0.1, 0.15) is 13.8 Å². The van der Waals surface area contributed by atoms with Crippen LogP contribution in [-0.2, 0) is 14.8 Å². The number of hydrogen-bond donors (Lipinski definition) is 1. The average molecular weight is 485 g/mol. The minimum Gasteiger partial charge on any atom is -0.497 e. The molecule has 3 aromatic carbocycles. The van der Waals surface area contributed by atoms with Crippen LogP contribution in [0.15, 0.2) is 77.7 Å². The highest BCUT2D eigenvalue weighted by atomic mass is 32.2. The Hall–Kier alpha value is -3.72. The van der Waals surface area contributed by atoms with Crippen LogP contribution in [0, 0.1) is 0 Å². The van der Waals surface area contributed by atoms with E-state index in [0.29, 0.717) is 22.9 Å². The summed E-state index contributed by atoms with van der Waals surface area (Å²) in [6.07, 6.45) is 0.0259. The maximum absolute atomic E-state index is 13.6. The lowest BCUT2D eigenvalue weighted by Gasteiger charge is -2.25. The van der Waals surface area contributed by atoms with Crippen molar-refractivity contribution in [1.82, 2.24) is 0 Å². The number of nitrogens with one attached hydrogen (secondary N) is 1. The molecule has 8 nitrogen and oxygen atoms in total. The van der Waals surface area contributed by atoms with Gasteiger partial charge in [0.25, 0.3) is 10.0 Å². The van der Waals surface area contributed by atoms with E-state index in [1.807, 2.05) is 13.8 Å². The predicted molar refractivity (Wildman–Crippen MR) is 131 cm³/mol. The Bertz CT molecular complexity index is 1210. The maximum Gasteiger partial charge on any atom is 0.264 e. The van der Waals surface area contributed by atoms with Gasteiger partial charge in [0.15, 0.2) is 0 Å². The quantitative estimate of drug-likeness (QED) is 0.461. The first-order valence-electron chi connectivity index (χ1n) is 10.6. The molecule has 0 radical (unpaired) electrons. The smallest absolute Gasteiger partial charge is 0.264 e. The zero-order chi connectivity index (χ0) is 24.7. The van der Waals surface area contributed by atoms with E-state index in [9.17, 15) is 13.2 Å². The number of carbonyl (C=O) groups is 1. The number of carbonyl (C=O) groups excluding carboxylic acids is 1. The zero-order valence-corrected chi connectivity index (χ0v) is 20.3. The van der Waals surface area contributed by atoms with Gasteiger partial charge in [0, 0.05) is 5.69 Å². The van der Waals surface area contributed by atoms with Crippen molar-refractivity contribution in [3.63, 3.8) is 0 Å². The van der Waals surface area contributed by atoms with Gasteiger partial charge in [-0.25, -0.2) is 8.42 Å². The first-order chi connectivity index (χ1) is 16.2. The average Bonchev–Trinajstić information content (AvgIpc) is 2.83. The Kier molecular flexibility index (Phi) is 8.01. The number of nitrogens with zero attached hydrogens (tertiary/aromatic N) is 1. The van der Waals surface area contributed by atoms with Crippen LogP contribution in [0.25, 0.3) is 0 Å². The van der Waals surface area contributed by atoms with E-state index in [4.69, 9.17) is 14.2 Å². The molecule has 0 heterocycles. The van der Waals surface area contributed by atoms with Gasteiger partial charge in [0.05, 0.1) is 30.9 Å². The molecule has 3 aromatic rings. The summed E-state index contributed by atoms with van der Waals surface area (Å²) in [6, 6.07) is 19.5. The normalized spacial score (nSPS) is 11.1.